The second kappa shape index (κ2) is 8.51. The van der Waals surface area contributed by atoms with E-state index in [1.54, 1.807) is 30.3 Å². The summed E-state index contributed by atoms with van der Waals surface area (Å²) in [7, 11) is 0.530. The number of hydrogen-bond donors (Lipinski definition) is 1. The van der Waals surface area contributed by atoms with Gasteiger partial charge in [-0.15, -0.1) is 0 Å². The molecule has 0 saturated carbocycles. The fraction of sp³-hybridized carbons (Fsp3) is 0.217. The van der Waals surface area contributed by atoms with Gasteiger partial charge in [0.15, 0.2) is 5.76 Å². The molecule has 1 N–H and O–H groups in total. The maximum absolute atomic E-state index is 13.1. The molecule has 2 heterocycles. The van der Waals surface area contributed by atoms with Crippen molar-refractivity contribution in [2.75, 3.05) is 30.0 Å². The van der Waals surface area contributed by atoms with Crippen LogP contribution in [0.25, 0.3) is 0 Å². The lowest BCUT2D eigenvalue weighted by Crippen LogP contribution is -2.26. The quantitative estimate of drug-likeness (QED) is 0.615. The molecule has 2 aromatic carbocycles. The summed E-state index contributed by atoms with van der Waals surface area (Å²) in [6.07, 6.45) is 3.04. The van der Waals surface area contributed by atoms with Crippen molar-refractivity contribution in [1.29, 1.82) is 0 Å². The van der Waals surface area contributed by atoms with E-state index in [1.165, 1.54) is 11.3 Å². The van der Waals surface area contributed by atoms with Gasteiger partial charge in [-0.1, -0.05) is 24.3 Å². The zero-order valence-corrected chi connectivity index (χ0v) is 18.8. The Morgan fingerprint density at radius 1 is 1.12 bits per heavy atom. The number of benzene rings is 2. The van der Waals surface area contributed by atoms with E-state index in [9.17, 15) is 13.2 Å². The summed E-state index contributed by atoms with van der Waals surface area (Å²) in [5, 5.41) is 6.06. The van der Waals surface area contributed by atoms with Crippen LogP contribution in [0.2, 0.25) is 0 Å². The van der Waals surface area contributed by atoms with Gasteiger partial charge >= 0.3 is 5.91 Å². The zero-order valence-electron chi connectivity index (χ0n) is 18.0. The highest BCUT2D eigenvalue weighted by atomic mass is 32.2. The minimum absolute atomic E-state index is 0.206. The summed E-state index contributed by atoms with van der Waals surface area (Å²) < 4.78 is 31.0. The lowest BCUT2D eigenvalue weighted by Gasteiger charge is -2.22. The molecule has 9 heteroatoms. The van der Waals surface area contributed by atoms with E-state index in [4.69, 9.17) is 4.42 Å². The van der Waals surface area contributed by atoms with Crippen LogP contribution in [0.5, 0.6) is 0 Å². The summed E-state index contributed by atoms with van der Waals surface area (Å²) in [5.41, 5.74) is 3.86. The Kier molecular flexibility index (Phi) is 5.75. The molecular formula is C23H24N4O4S. The summed E-state index contributed by atoms with van der Waals surface area (Å²) in [6.45, 7) is 0. The topological polar surface area (TPSA) is 95.2 Å². The molecule has 166 valence electrons. The number of anilines is 2. The normalized spacial score (nSPS) is 16.0. The van der Waals surface area contributed by atoms with Gasteiger partial charge in [-0.05, 0) is 47.5 Å². The molecule has 0 fully saturated rings. The Morgan fingerprint density at radius 3 is 2.50 bits per heavy atom. The van der Waals surface area contributed by atoms with Crippen molar-refractivity contribution >= 4 is 33.0 Å². The third-order valence-corrected chi connectivity index (χ3v) is 5.75. The molecule has 1 amide bonds. The molecule has 32 heavy (non-hydrogen) atoms. The van der Waals surface area contributed by atoms with Crippen LogP contribution < -0.4 is 9.62 Å². The lowest BCUT2D eigenvalue weighted by molar-refractivity contribution is 0.0678. The maximum atomic E-state index is 13.1. The predicted molar refractivity (Wildman–Crippen MR) is 124 cm³/mol. The highest BCUT2D eigenvalue weighted by Gasteiger charge is 2.34. The second-order valence-electron chi connectivity index (χ2n) is 7.83. The summed E-state index contributed by atoms with van der Waals surface area (Å²) >= 11 is 0. The highest BCUT2D eigenvalue weighted by Crippen LogP contribution is 2.35. The Balaban J connectivity index is 1.69. The molecule has 0 bridgehead atoms. The molecule has 0 aliphatic carbocycles. The molecule has 1 aliphatic rings. The summed E-state index contributed by atoms with van der Waals surface area (Å²) in [4.78, 5) is 15.1. The van der Waals surface area contributed by atoms with Gasteiger partial charge in [0.25, 0.3) is 0 Å². The van der Waals surface area contributed by atoms with Crippen molar-refractivity contribution in [2.24, 2.45) is 5.10 Å². The van der Waals surface area contributed by atoms with Crippen molar-refractivity contribution in [3.63, 3.8) is 0 Å². The number of hydrogen-bond acceptors (Lipinski definition) is 6. The Hall–Kier alpha value is -3.59. The van der Waals surface area contributed by atoms with Crippen LogP contribution in [0.15, 0.2) is 76.4 Å². The highest BCUT2D eigenvalue weighted by molar-refractivity contribution is 7.92. The fourth-order valence-electron chi connectivity index (χ4n) is 3.62. The van der Waals surface area contributed by atoms with E-state index in [-0.39, 0.29) is 17.7 Å². The van der Waals surface area contributed by atoms with Gasteiger partial charge in [0, 0.05) is 31.9 Å². The van der Waals surface area contributed by atoms with Crippen molar-refractivity contribution in [1.82, 2.24) is 5.01 Å². The predicted octanol–water partition coefficient (Wildman–Crippen LogP) is 3.71. The first kappa shape index (κ1) is 21.6. The minimum atomic E-state index is -3.41. The lowest BCUT2D eigenvalue weighted by atomic mass is 9.98. The van der Waals surface area contributed by atoms with Crippen LogP contribution in [0.4, 0.5) is 11.4 Å². The number of carbonyl (C=O) groups is 1. The van der Waals surface area contributed by atoms with Gasteiger partial charge < -0.3 is 9.32 Å². The maximum Gasteiger partial charge on any atom is 0.310 e. The minimum Gasteiger partial charge on any atom is -0.459 e. The van der Waals surface area contributed by atoms with E-state index in [0.29, 0.717) is 17.8 Å². The van der Waals surface area contributed by atoms with E-state index < -0.39 is 10.0 Å². The molecule has 0 spiro atoms. The van der Waals surface area contributed by atoms with Crippen LogP contribution in [0.1, 0.15) is 34.1 Å². The molecule has 1 atom stereocenters. The van der Waals surface area contributed by atoms with Gasteiger partial charge in [0.05, 0.1) is 24.3 Å². The molecule has 3 aromatic rings. The van der Waals surface area contributed by atoms with Crippen molar-refractivity contribution in [3.8, 4) is 0 Å². The number of rotatable bonds is 6. The molecule has 8 nitrogen and oxygen atoms in total. The molecule has 1 unspecified atom stereocenters. The van der Waals surface area contributed by atoms with Crippen LogP contribution in [0, 0.1) is 0 Å². The van der Waals surface area contributed by atoms with Gasteiger partial charge in [-0.2, -0.15) is 5.10 Å². The molecule has 1 aromatic heterocycles. The van der Waals surface area contributed by atoms with Crippen LogP contribution in [0.3, 0.4) is 0 Å². The number of furan rings is 1. The number of nitrogens with zero attached hydrogens (tertiary/aromatic N) is 3. The first-order valence-electron chi connectivity index (χ1n) is 10.0. The SMILES string of the molecule is CN(C)c1ccc(C2CC(c3cccc(NS(C)(=O)=O)c3)=NN2C(=O)c2ccco2)cc1. The Morgan fingerprint density at radius 2 is 1.88 bits per heavy atom. The van der Waals surface area contributed by atoms with Gasteiger partial charge in [0.2, 0.25) is 10.0 Å². The van der Waals surface area contributed by atoms with Gasteiger partial charge in [0.1, 0.15) is 0 Å². The largest absolute Gasteiger partial charge is 0.459 e. The first-order chi connectivity index (χ1) is 15.2. The van der Waals surface area contributed by atoms with Crippen molar-refractivity contribution < 1.29 is 17.6 Å². The zero-order chi connectivity index (χ0) is 22.9. The Bertz CT molecular complexity index is 1250. The average molecular weight is 453 g/mol. The van der Waals surface area contributed by atoms with Crippen molar-refractivity contribution in [2.45, 2.75) is 12.5 Å². The van der Waals surface area contributed by atoms with E-state index in [2.05, 4.69) is 9.82 Å². The number of carbonyl (C=O) groups excluding carboxylic acids is 1. The number of amides is 1. The summed E-state index contributed by atoms with van der Waals surface area (Å²) in [5.74, 6) is -0.130. The van der Waals surface area contributed by atoms with E-state index in [0.717, 1.165) is 23.1 Å². The van der Waals surface area contributed by atoms with Gasteiger partial charge in [-0.25, -0.2) is 13.4 Å². The third kappa shape index (κ3) is 4.67. The average Bonchev–Trinajstić information content (AvgIpc) is 3.43. The van der Waals surface area contributed by atoms with E-state index >= 15 is 0 Å². The first-order valence-corrected chi connectivity index (χ1v) is 11.9. The monoisotopic (exact) mass is 452 g/mol. The fourth-order valence-corrected chi connectivity index (χ4v) is 4.17. The molecule has 0 saturated heterocycles. The smallest absolute Gasteiger partial charge is 0.310 e. The third-order valence-electron chi connectivity index (χ3n) is 5.14. The molecule has 4 rings (SSSR count). The number of hydrazone groups is 1. The number of sulfonamides is 1. The molecular weight excluding hydrogens is 428 g/mol. The van der Waals surface area contributed by atoms with Gasteiger partial charge in [-0.3, -0.25) is 9.52 Å². The Labute approximate surface area is 187 Å². The number of nitrogens with one attached hydrogen (secondary N) is 1. The standard InChI is InChI=1S/C23H24N4O4S/c1-26(2)19-11-9-16(10-12-19)21-15-20(24-27(21)23(28)22-8-5-13-31-22)17-6-4-7-18(14-17)25-32(3,29)30/h4-14,21,25H,15H2,1-3H3. The van der Waals surface area contributed by atoms with Crippen molar-refractivity contribution in [3.05, 3.63) is 83.8 Å². The molecule has 0 radical (unpaired) electrons. The summed E-state index contributed by atoms with van der Waals surface area (Å²) in [6, 6.07) is 17.9. The van der Waals surface area contributed by atoms with Crippen LogP contribution in [-0.4, -0.2) is 45.4 Å². The van der Waals surface area contributed by atoms with E-state index in [1.807, 2.05) is 49.3 Å². The second-order valence-corrected chi connectivity index (χ2v) is 9.58. The van der Waals surface area contributed by atoms with Crippen LogP contribution in [-0.2, 0) is 10.0 Å². The van der Waals surface area contributed by atoms with Crippen LogP contribution >= 0.6 is 0 Å². The molecule has 1 aliphatic heterocycles.